The summed E-state index contributed by atoms with van der Waals surface area (Å²) in [5.41, 5.74) is 1.48. The van der Waals surface area contributed by atoms with Gasteiger partial charge in [0.1, 0.15) is 24.2 Å². The van der Waals surface area contributed by atoms with Gasteiger partial charge in [0.25, 0.3) is 0 Å². The Kier molecular flexibility index (Phi) is 11.3. The minimum Gasteiger partial charge on any atom is -0.661 e. The first-order valence-corrected chi connectivity index (χ1v) is 12.6. The molecule has 0 aromatic heterocycles. The van der Waals surface area contributed by atoms with Gasteiger partial charge in [-0.05, 0) is 48.1 Å². The Morgan fingerprint density at radius 3 is 2.47 bits per heavy atom. The number of benzene rings is 2. The molecule has 2 aliphatic heterocycles. The van der Waals surface area contributed by atoms with Gasteiger partial charge in [-0.3, -0.25) is 0 Å². The number of hydrogen-bond donors (Lipinski definition) is 1. The van der Waals surface area contributed by atoms with Crippen molar-refractivity contribution < 1.29 is 61.8 Å². The fraction of sp³-hybridized carbons (Fsp3) is 0.481. The number of rotatable bonds is 4. The van der Waals surface area contributed by atoms with Gasteiger partial charge in [-0.1, -0.05) is 37.8 Å². The molecule has 200 valence electrons. The Labute approximate surface area is 242 Å². The van der Waals surface area contributed by atoms with Crippen LogP contribution in [0, 0.1) is 17.5 Å². The third-order valence-electron chi connectivity index (χ3n) is 6.97. The van der Waals surface area contributed by atoms with Crippen molar-refractivity contribution in [2.75, 3.05) is 26.8 Å². The van der Waals surface area contributed by atoms with E-state index in [2.05, 4.69) is 10.6 Å². The van der Waals surface area contributed by atoms with Crippen molar-refractivity contribution >= 4 is 12.1 Å². The van der Waals surface area contributed by atoms with Crippen molar-refractivity contribution in [2.45, 2.75) is 56.5 Å². The molecule has 1 saturated carbocycles. The van der Waals surface area contributed by atoms with Gasteiger partial charge in [-0.15, -0.1) is 13.1 Å². The van der Waals surface area contributed by atoms with Gasteiger partial charge in [0.2, 0.25) is 0 Å². The molecule has 0 bridgehead atoms. The van der Waals surface area contributed by atoms with Crippen LogP contribution >= 0.6 is 0 Å². The Hall–Kier alpha value is -2.27. The average molecular weight is 542 g/mol. The molecule has 2 heterocycles. The molecular formula is C27H31F3N3NaO4. The zero-order valence-electron chi connectivity index (χ0n) is 21.7. The molecule has 2 aromatic carbocycles. The molecular weight excluding hydrogens is 510 g/mol. The van der Waals surface area contributed by atoms with Gasteiger partial charge in [-0.2, -0.15) is 0 Å². The fourth-order valence-electron chi connectivity index (χ4n) is 4.99. The average Bonchev–Trinajstić information content (AvgIpc) is 3.56. The van der Waals surface area contributed by atoms with E-state index >= 15 is 0 Å². The van der Waals surface area contributed by atoms with E-state index in [-0.39, 0.29) is 48.0 Å². The summed E-state index contributed by atoms with van der Waals surface area (Å²) < 4.78 is 49.5. The number of ether oxygens (including phenoxy) is 2. The van der Waals surface area contributed by atoms with E-state index in [9.17, 15) is 22.8 Å². The molecule has 0 spiro atoms. The fourth-order valence-corrected chi connectivity index (χ4v) is 4.99. The van der Waals surface area contributed by atoms with Crippen LogP contribution in [0.2, 0.25) is 0 Å². The Bertz CT molecular complexity index is 1110. The SMILES string of the molecule is COc1cc(F)ccc1C1CCCCC1.O=C(N[C@@H]1CC[N-]C1)N1C(=O)OC[C@@H]1c1ccc(F)c(F)c1.[Na+]. The van der Waals surface area contributed by atoms with Crippen molar-refractivity contribution in [1.29, 1.82) is 0 Å². The number of carbonyl (C=O) groups excluding carboxylic acids is 2. The van der Waals surface area contributed by atoms with Gasteiger partial charge in [0.05, 0.1) is 7.11 Å². The maximum atomic E-state index is 13.4. The topological polar surface area (TPSA) is 82.0 Å². The van der Waals surface area contributed by atoms with E-state index in [0.29, 0.717) is 36.7 Å². The summed E-state index contributed by atoms with van der Waals surface area (Å²) in [6, 6.07) is 6.65. The molecule has 1 N–H and O–H groups in total. The second-order valence-electron chi connectivity index (χ2n) is 9.42. The van der Waals surface area contributed by atoms with Gasteiger partial charge < -0.3 is 20.1 Å². The van der Waals surface area contributed by atoms with Crippen LogP contribution in [0.1, 0.15) is 61.6 Å². The van der Waals surface area contributed by atoms with Crippen LogP contribution in [0.4, 0.5) is 22.8 Å². The maximum absolute atomic E-state index is 13.4. The van der Waals surface area contributed by atoms with Crippen LogP contribution in [0.25, 0.3) is 5.32 Å². The van der Waals surface area contributed by atoms with Crippen LogP contribution in [-0.2, 0) is 4.74 Å². The quantitative estimate of drug-likeness (QED) is 0.603. The van der Waals surface area contributed by atoms with Crippen LogP contribution in [0.15, 0.2) is 36.4 Å². The van der Waals surface area contributed by atoms with E-state index in [1.807, 2.05) is 6.07 Å². The van der Waals surface area contributed by atoms with Gasteiger partial charge in [-0.25, -0.2) is 27.7 Å². The standard InChI is InChI=1S/C14H14F2N3O3.C13H17FO.Na/c15-10-2-1-8(5-11(10)16)12-7-22-14(21)19(12)13(20)18-9-3-4-17-6-9;1-15-13-9-11(14)7-8-12(13)10-5-3-2-4-6-10;/h1-2,5,9,12H,3-4,6-7H2,(H,18,20);7-10H,2-6H2,1H3;/q-1;;+1/t9-,12-;;/m1../s1. The minimum absolute atomic E-state index is 0. The van der Waals surface area contributed by atoms with E-state index in [4.69, 9.17) is 9.47 Å². The number of nitrogens with zero attached hydrogens (tertiary/aromatic N) is 2. The van der Waals surface area contributed by atoms with Crippen LogP contribution in [0.5, 0.6) is 5.75 Å². The number of nitrogens with one attached hydrogen (secondary N) is 1. The molecule has 3 amide bonds. The summed E-state index contributed by atoms with van der Waals surface area (Å²) in [6.45, 7) is 1.08. The third-order valence-corrected chi connectivity index (χ3v) is 6.97. The number of imide groups is 1. The van der Waals surface area contributed by atoms with E-state index in [0.717, 1.165) is 17.0 Å². The molecule has 5 rings (SSSR count). The van der Waals surface area contributed by atoms with Crippen molar-refractivity contribution in [3.8, 4) is 5.75 Å². The first-order valence-electron chi connectivity index (χ1n) is 12.6. The summed E-state index contributed by atoms with van der Waals surface area (Å²) in [6.07, 6.45) is 6.23. The Morgan fingerprint density at radius 2 is 1.82 bits per heavy atom. The van der Waals surface area contributed by atoms with Crippen LogP contribution in [-0.4, -0.2) is 49.9 Å². The first kappa shape index (κ1) is 30.3. The Balaban J connectivity index is 0.000000220. The number of cyclic esters (lactones) is 1. The molecule has 2 saturated heterocycles. The number of urea groups is 1. The molecule has 7 nitrogen and oxygen atoms in total. The molecule has 11 heteroatoms. The van der Waals surface area contributed by atoms with E-state index in [1.54, 1.807) is 7.11 Å². The molecule has 3 fully saturated rings. The second kappa shape index (κ2) is 14.2. The molecule has 0 radical (unpaired) electrons. The largest absolute Gasteiger partial charge is 1.00 e. The maximum Gasteiger partial charge on any atom is 1.00 e. The second-order valence-corrected chi connectivity index (χ2v) is 9.42. The predicted octanol–water partition coefficient (Wildman–Crippen LogP) is 3.20. The number of amides is 3. The summed E-state index contributed by atoms with van der Waals surface area (Å²) in [5, 5.41) is 6.82. The van der Waals surface area contributed by atoms with Gasteiger partial charge in [0.15, 0.2) is 11.6 Å². The normalized spacial score (nSPS) is 21.2. The summed E-state index contributed by atoms with van der Waals surface area (Å²) in [7, 11) is 1.61. The van der Waals surface area contributed by atoms with E-state index < -0.39 is 29.8 Å². The predicted molar refractivity (Wildman–Crippen MR) is 131 cm³/mol. The van der Waals surface area contributed by atoms with Crippen molar-refractivity contribution in [3.05, 3.63) is 70.3 Å². The number of methoxy groups -OCH3 is 1. The summed E-state index contributed by atoms with van der Waals surface area (Å²) in [5.74, 6) is -0.966. The van der Waals surface area contributed by atoms with E-state index in [1.165, 1.54) is 55.9 Å². The zero-order chi connectivity index (χ0) is 26.4. The summed E-state index contributed by atoms with van der Waals surface area (Å²) >= 11 is 0. The first-order chi connectivity index (χ1) is 17.9. The van der Waals surface area contributed by atoms with Gasteiger partial charge >= 0.3 is 41.7 Å². The minimum atomic E-state index is -1.04. The molecule has 38 heavy (non-hydrogen) atoms. The number of halogens is 3. The molecule has 0 unspecified atom stereocenters. The number of carbonyl (C=O) groups is 2. The molecule has 2 aromatic rings. The van der Waals surface area contributed by atoms with Crippen LogP contribution in [0.3, 0.4) is 0 Å². The van der Waals surface area contributed by atoms with Gasteiger partial charge in [0, 0.05) is 12.1 Å². The summed E-state index contributed by atoms with van der Waals surface area (Å²) in [4.78, 5) is 24.9. The molecule has 1 aliphatic carbocycles. The molecule has 3 aliphatic rings. The van der Waals surface area contributed by atoms with Crippen molar-refractivity contribution in [1.82, 2.24) is 10.2 Å². The van der Waals surface area contributed by atoms with Crippen LogP contribution < -0.4 is 39.6 Å². The Morgan fingerprint density at radius 1 is 1.05 bits per heavy atom. The third kappa shape index (κ3) is 7.43. The molecule has 2 atom stereocenters. The monoisotopic (exact) mass is 541 g/mol. The van der Waals surface area contributed by atoms with Crippen molar-refractivity contribution in [3.63, 3.8) is 0 Å². The van der Waals surface area contributed by atoms with Crippen molar-refractivity contribution in [2.24, 2.45) is 0 Å². The zero-order valence-corrected chi connectivity index (χ0v) is 23.7. The number of hydrogen-bond acceptors (Lipinski definition) is 4. The smallest absolute Gasteiger partial charge is 0.661 e.